The number of carbonyl (C=O) groups is 1. The summed E-state index contributed by atoms with van der Waals surface area (Å²) in [4.78, 5) is 12.2. The van der Waals surface area contributed by atoms with Crippen molar-refractivity contribution in [1.29, 1.82) is 0 Å². The van der Waals surface area contributed by atoms with E-state index in [1.807, 2.05) is 54.6 Å². The molecule has 0 saturated heterocycles. The molecule has 0 aromatic heterocycles. The number of nitrogens with one attached hydrogen (secondary N) is 1. The lowest BCUT2D eigenvalue weighted by molar-refractivity contribution is -0.147. The Bertz CT molecular complexity index is 917. The van der Waals surface area contributed by atoms with Gasteiger partial charge in [0.15, 0.2) is 0 Å². The molecule has 0 heterocycles. The molecule has 0 aliphatic rings. The second kappa shape index (κ2) is 9.55. The average molecular weight is 418 g/mol. The van der Waals surface area contributed by atoms with Crippen molar-refractivity contribution in [1.82, 2.24) is 4.72 Å². The van der Waals surface area contributed by atoms with Gasteiger partial charge >= 0.3 is 5.97 Å². The minimum Gasteiger partial charge on any atom is -0.466 e. The maximum Gasteiger partial charge on any atom is 0.308 e. The molecule has 5 nitrogen and oxygen atoms in total. The highest BCUT2D eigenvalue weighted by Crippen LogP contribution is 2.33. The maximum absolute atomic E-state index is 12.9. The highest BCUT2D eigenvalue weighted by Gasteiger charge is 2.34. The van der Waals surface area contributed by atoms with Crippen LogP contribution in [0.3, 0.4) is 0 Å². The van der Waals surface area contributed by atoms with Gasteiger partial charge in [0, 0.05) is 6.04 Å². The van der Waals surface area contributed by atoms with E-state index in [0.717, 1.165) is 16.7 Å². The van der Waals surface area contributed by atoms with Crippen LogP contribution in [0.2, 0.25) is 0 Å². The molecule has 0 bridgehead atoms. The lowest BCUT2D eigenvalue weighted by Gasteiger charge is -2.28. The minimum absolute atomic E-state index is 0.294. The number of sulfonamides is 1. The van der Waals surface area contributed by atoms with Crippen LogP contribution < -0.4 is 4.72 Å². The van der Waals surface area contributed by atoms with E-state index in [2.05, 4.69) is 4.72 Å². The molecule has 2 aromatic rings. The molecule has 2 atom stereocenters. The van der Waals surface area contributed by atoms with Crippen molar-refractivity contribution >= 4 is 16.0 Å². The Labute approximate surface area is 174 Å². The molecule has 6 heteroatoms. The van der Waals surface area contributed by atoms with Gasteiger partial charge in [-0.05, 0) is 50.8 Å². The third kappa shape index (κ3) is 5.90. The van der Waals surface area contributed by atoms with Gasteiger partial charge in [0.05, 0.1) is 17.3 Å². The van der Waals surface area contributed by atoms with E-state index in [1.54, 1.807) is 34.6 Å². The SMILES string of the molecule is CCOC(=O)C(C)CC(NS(=O)(=O)C(C)(C)C)c1ccccc1-c1ccccc1. The number of esters is 1. The largest absolute Gasteiger partial charge is 0.466 e. The lowest BCUT2D eigenvalue weighted by Crippen LogP contribution is -2.42. The fourth-order valence-corrected chi connectivity index (χ4v) is 3.97. The van der Waals surface area contributed by atoms with E-state index in [-0.39, 0.29) is 5.97 Å². The minimum atomic E-state index is -3.63. The molecule has 2 rings (SSSR count). The van der Waals surface area contributed by atoms with Crippen LogP contribution in [0.1, 0.15) is 52.6 Å². The van der Waals surface area contributed by atoms with E-state index in [4.69, 9.17) is 4.74 Å². The number of ether oxygens (including phenoxy) is 1. The summed E-state index contributed by atoms with van der Waals surface area (Å²) in [5.41, 5.74) is 2.76. The van der Waals surface area contributed by atoms with Crippen LogP contribution in [0.4, 0.5) is 0 Å². The Morgan fingerprint density at radius 3 is 2.21 bits per heavy atom. The van der Waals surface area contributed by atoms with E-state index >= 15 is 0 Å². The first-order chi connectivity index (χ1) is 13.6. The fraction of sp³-hybridized carbons (Fsp3) is 0.435. The molecule has 0 amide bonds. The van der Waals surface area contributed by atoms with Crippen molar-refractivity contribution in [2.24, 2.45) is 5.92 Å². The Morgan fingerprint density at radius 2 is 1.62 bits per heavy atom. The zero-order valence-corrected chi connectivity index (χ0v) is 18.6. The van der Waals surface area contributed by atoms with Gasteiger partial charge < -0.3 is 4.74 Å². The first kappa shape index (κ1) is 23.1. The van der Waals surface area contributed by atoms with Crippen molar-refractivity contribution in [3.8, 4) is 11.1 Å². The second-order valence-corrected chi connectivity index (χ2v) is 10.6. The summed E-state index contributed by atoms with van der Waals surface area (Å²) < 4.78 is 32.9. The highest BCUT2D eigenvalue weighted by atomic mass is 32.2. The predicted molar refractivity (Wildman–Crippen MR) is 117 cm³/mol. The zero-order chi connectivity index (χ0) is 21.7. The molecule has 2 aromatic carbocycles. The van der Waals surface area contributed by atoms with E-state index < -0.39 is 26.7 Å². The van der Waals surface area contributed by atoms with Gasteiger partial charge in [-0.1, -0.05) is 61.5 Å². The van der Waals surface area contributed by atoms with Crippen molar-refractivity contribution in [3.05, 3.63) is 60.2 Å². The van der Waals surface area contributed by atoms with Crippen molar-refractivity contribution in [3.63, 3.8) is 0 Å². The van der Waals surface area contributed by atoms with Crippen LogP contribution in [-0.2, 0) is 19.6 Å². The molecule has 158 valence electrons. The normalized spacial score (nSPS) is 14.2. The molecule has 0 aliphatic carbocycles. The molecule has 0 fully saturated rings. The van der Waals surface area contributed by atoms with Crippen LogP contribution in [0.25, 0.3) is 11.1 Å². The summed E-state index contributed by atoms with van der Waals surface area (Å²) in [6.45, 7) is 8.79. The third-order valence-corrected chi connectivity index (χ3v) is 7.01. The van der Waals surface area contributed by atoms with Crippen LogP contribution in [0.15, 0.2) is 54.6 Å². The Morgan fingerprint density at radius 1 is 1.03 bits per heavy atom. The lowest BCUT2D eigenvalue weighted by atomic mass is 9.90. The van der Waals surface area contributed by atoms with Crippen LogP contribution in [-0.4, -0.2) is 25.7 Å². The van der Waals surface area contributed by atoms with Gasteiger partial charge in [0.25, 0.3) is 0 Å². The van der Waals surface area contributed by atoms with Crippen molar-refractivity contribution < 1.29 is 17.9 Å². The second-order valence-electron chi connectivity index (χ2n) is 8.13. The number of benzene rings is 2. The maximum atomic E-state index is 12.9. The molecule has 0 saturated carbocycles. The van der Waals surface area contributed by atoms with Crippen LogP contribution in [0.5, 0.6) is 0 Å². The zero-order valence-electron chi connectivity index (χ0n) is 17.8. The van der Waals surface area contributed by atoms with Gasteiger partial charge in [-0.2, -0.15) is 0 Å². The van der Waals surface area contributed by atoms with Crippen molar-refractivity contribution in [2.45, 2.75) is 51.8 Å². The van der Waals surface area contributed by atoms with Gasteiger partial charge in [-0.3, -0.25) is 4.79 Å². The van der Waals surface area contributed by atoms with Crippen molar-refractivity contribution in [2.75, 3.05) is 6.61 Å². The Balaban J connectivity index is 2.50. The summed E-state index contributed by atoms with van der Waals surface area (Å²) in [5, 5.41) is 0. The average Bonchev–Trinajstić information content (AvgIpc) is 2.67. The quantitative estimate of drug-likeness (QED) is 0.632. The summed E-state index contributed by atoms with van der Waals surface area (Å²) in [6.07, 6.45) is 0.304. The summed E-state index contributed by atoms with van der Waals surface area (Å²) in [7, 11) is -3.63. The summed E-state index contributed by atoms with van der Waals surface area (Å²) >= 11 is 0. The third-order valence-electron chi connectivity index (χ3n) is 4.80. The van der Waals surface area contributed by atoms with Crippen LogP contribution >= 0.6 is 0 Å². The summed E-state index contributed by atoms with van der Waals surface area (Å²) in [5.74, 6) is -0.781. The van der Waals surface area contributed by atoms with Gasteiger partial charge in [0.2, 0.25) is 10.0 Å². The number of carbonyl (C=O) groups excluding carboxylic acids is 1. The Hall–Kier alpha value is -2.18. The smallest absolute Gasteiger partial charge is 0.308 e. The number of hydrogen-bond acceptors (Lipinski definition) is 4. The first-order valence-electron chi connectivity index (χ1n) is 9.89. The summed E-state index contributed by atoms with van der Waals surface area (Å²) in [6, 6.07) is 16.9. The van der Waals surface area contributed by atoms with E-state index in [0.29, 0.717) is 13.0 Å². The molecule has 29 heavy (non-hydrogen) atoms. The monoisotopic (exact) mass is 417 g/mol. The first-order valence-corrected chi connectivity index (χ1v) is 11.4. The topological polar surface area (TPSA) is 72.5 Å². The van der Waals surface area contributed by atoms with E-state index in [9.17, 15) is 13.2 Å². The molecular formula is C23H31NO4S. The molecule has 0 aliphatic heterocycles. The number of rotatable bonds is 8. The Kier molecular flexibility index (Phi) is 7.60. The fourth-order valence-electron chi connectivity index (χ4n) is 3.02. The number of hydrogen-bond donors (Lipinski definition) is 1. The van der Waals surface area contributed by atoms with Crippen LogP contribution in [0, 0.1) is 5.92 Å². The molecular weight excluding hydrogens is 386 g/mol. The highest BCUT2D eigenvalue weighted by molar-refractivity contribution is 7.90. The van der Waals surface area contributed by atoms with Gasteiger partial charge in [-0.15, -0.1) is 0 Å². The molecule has 0 radical (unpaired) electrons. The van der Waals surface area contributed by atoms with Gasteiger partial charge in [-0.25, -0.2) is 13.1 Å². The standard InChI is InChI=1S/C23H31NO4S/c1-6-28-22(25)17(2)16-21(24-29(26,27)23(3,4)5)20-15-11-10-14-19(20)18-12-8-7-9-13-18/h7-15,17,21,24H,6,16H2,1-5H3. The predicted octanol–water partition coefficient (Wildman–Crippen LogP) is 4.70. The molecule has 2 unspecified atom stereocenters. The van der Waals surface area contributed by atoms with E-state index in [1.165, 1.54) is 0 Å². The molecule has 1 N–H and O–H groups in total. The van der Waals surface area contributed by atoms with Gasteiger partial charge in [0.1, 0.15) is 0 Å². The molecule has 0 spiro atoms.